The number of hydrogen-bond acceptors (Lipinski definition) is 2. The van der Waals surface area contributed by atoms with Crippen LogP contribution >= 0.6 is 0 Å². The van der Waals surface area contributed by atoms with Gasteiger partial charge < -0.3 is 14.6 Å². The van der Waals surface area contributed by atoms with Gasteiger partial charge in [0.25, 0.3) is 5.91 Å². The third-order valence-electron chi connectivity index (χ3n) is 3.99. The number of H-pyrrole nitrogens is 1. The summed E-state index contributed by atoms with van der Waals surface area (Å²) < 4.78 is 18.7. The van der Waals surface area contributed by atoms with E-state index in [-0.39, 0.29) is 11.7 Å². The number of nitrogens with zero attached hydrogens (tertiary/aromatic N) is 1. The molecule has 24 heavy (non-hydrogen) atoms. The number of nitrogens with one attached hydrogen (secondary N) is 1. The molecule has 0 bridgehead atoms. The SMILES string of the molecule is COc1ccc(CN(C)C(=O)c2cc3ccc(C)cc3[nH]2)cc1F. The zero-order valence-electron chi connectivity index (χ0n) is 13.9. The number of methoxy groups -OCH3 is 1. The van der Waals surface area contributed by atoms with Gasteiger partial charge in [-0.15, -0.1) is 0 Å². The number of aromatic nitrogens is 1. The molecule has 124 valence electrons. The molecule has 3 rings (SSSR count). The van der Waals surface area contributed by atoms with Crippen molar-refractivity contribution >= 4 is 16.8 Å². The monoisotopic (exact) mass is 326 g/mol. The fourth-order valence-electron chi connectivity index (χ4n) is 2.72. The Balaban J connectivity index is 1.79. The van der Waals surface area contributed by atoms with Crippen molar-refractivity contribution in [2.24, 2.45) is 0 Å². The molecule has 3 aromatic rings. The van der Waals surface area contributed by atoms with Crippen LogP contribution in [0.4, 0.5) is 4.39 Å². The maximum absolute atomic E-state index is 13.8. The molecule has 1 heterocycles. The maximum Gasteiger partial charge on any atom is 0.270 e. The first-order valence-electron chi connectivity index (χ1n) is 7.65. The third-order valence-corrected chi connectivity index (χ3v) is 3.99. The lowest BCUT2D eigenvalue weighted by Gasteiger charge is -2.16. The highest BCUT2D eigenvalue weighted by Crippen LogP contribution is 2.20. The normalized spacial score (nSPS) is 10.8. The Hall–Kier alpha value is -2.82. The number of halogens is 1. The Labute approximate surface area is 139 Å². The molecule has 0 atom stereocenters. The van der Waals surface area contributed by atoms with Crippen LogP contribution in [0.2, 0.25) is 0 Å². The Bertz CT molecular complexity index is 902. The number of fused-ring (bicyclic) bond motifs is 1. The topological polar surface area (TPSA) is 45.3 Å². The Morgan fingerprint density at radius 3 is 2.71 bits per heavy atom. The number of carbonyl (C=O) groups is 1. The van der Waals surface area contributed by atoms with Crippen LogP contribution in [0.5, 0.6) is 5.75 Å². The Morgan fingerprint density at radius 2 is 2.00 bits per heavy atom. The summed E-state index contributed by atoms with van der Waals surface area (Å²) >= 11 is 0. The smallest absolute Gasteiger partial charge is 0.270 e. The van der Waals surface area contributed by atoms with Gasteiger partial charge in [0.1, 0.15) is 5.69 Å². The summed E-state index contributed by atoms with van der Waals surface area (Å²) in [6.07, 6.45) is 0. The van der Waals surface area contributed by atoms with Gasteiger partial charge >= 0.3 is 0 Å². The van der Waals surface area contributed by atoms with Crippen molar-refractivity contribution in [3.05, 3.63) is 65.1 Å². The second-order valence-electron chi connectivity index (χ2n) is 5.90. The molecule has 0 radical (unpaired) electrons. The zero-order valence-corrected chi connectivity index (χ0v) is 13.9. The molecular weight excluding hydrogens is 307 g/mol. The summed E-state index contributed by atoms with van der Waals surface area (Å²) in [5, 5.41) is 0.993. The molecule has 0 aliphatic heterocycles. The lowest BCUT2D eigenvalue weighted by molar-refractivity contribution is 0.0780. The first-order chi connectivity index (χ1) is 11.5. The average Bonchev–Trinajstić information content (AvgIpc) is 2.97. The van der Waals surface area contributed by atoms with E-state index < -0.39 is 5.82 Å². The quantitative estimate of drug-likeness (QED) is 0.790. The number of amides is 1. The van der Waals surface area contributed by atoms with Crippen molar-refractivity contribution < 1.29 is 13.9 Å². The number of rotatable bonds is 4. The highest BCUT2D eigenvalue weighted by atomic mass is 19.1. The number of aryl methyl sites for hydroxylation is 1. The van der Waals surface area contributed by atoms with Crippen LogP contribution < -0.4 is 4.74 Å². The van der Waals surface area contributed by atoms with Gasteiger partial charge in [-0.2, -0.15) is 0 Å². The van der Waals surface area contributed by atoms with Crippen molar-refractivity contribution in [1.29, 1.82) is 0 Å². The number of carbonyl (C=O) groups excluding carboxylic acids is 1. The van der Waals surface area contributed by atoms with Crippen LogP contribution in [0.1, 0.15) is 21.6 Å². The van der Waals surface area contributed by atoms with Gasteiger partial charge in [-0.05, 0) is 42.3 Å². The number of benzene rings is 2. The molecule has 1 amide bonds. The van der Waals surface area contributed by atoms with E-state index in [0.717, 1.165) is 16.5 Å². The van der Waals surface area contributed by atoms with E-state index in [1.54, 1.807) is 24.1 Å². The molecule has 0 aliphatic rings. The largest absolute Gasteiger partial charge is 0.494 e. The summed E-state index contributed by atoms with van der Waals surface area (Å²) in [5.41, 5.74) is 3.29. The van der Waals surface area contributed by atoms with E-state index in [1.165, 1.54) is 13.2 Å². The van der Waals surface area contributed by atoms with Crippen LogP contribution in [0, 0.1) is 12.7 Å². The van der Waals surface area contributed by atoms with Gasteiger partial charge in [0.2, 0.25) is 0 Å². The molecule has 4 nitrogen and oxygen atoms in total. The van der Waals surface area contributed by atoms with Crippen molar-refractivity contribution in [1.82, 2.24) is 9.88 Å². The molecule has 0 saturated carbocycles. The summed E-state index contributed by atoms with van der Waals surface area (Å²) in [7, 11) is 3.12. The predicted molar refractivity (Wildman–Crippen MR) is 91.8 cm³/mol. The van der Waals surface area contributed by atoms with E-state index in [4.69, 9.17) is 4.74 Å². The average molecular weight is 326 g/mol. The minimum absolute atomic E-state index is 0.139. The van der Waals surface area contributed by atoms with E-state index in [0.29, 0.717) is 17.8 Å². The minimum atomic E-state index is -0.433. The third kappa shape index (κ3) is 3.11. The minimum Gasteiger partial charge on any atom is -0.494 e. The molecule has 2 aromatic carbocycles. The molecule has 0 spiro atoms. The number of aromatic amines is 1. The van der Waals surface area contributed by atoms with E-state index in [9.17, 15) is 9.18 Å². The van der Waals surface area contributed by atoms with Crippen LogP contribution in [0.3, 0.4) is 0 Å². The highest BCUT2D eigenvalue weighted by molar-refractivity contribution is 5.98. The predicted octanol–water partition coefficient (Wildman–Crippen LogP) is 3.90. The fourth-order valence-corrected chi connectivity index (χ4v) is 2.72. The van der Waals surface area contributed by atoms with E-state index >= 15 is 0 Å². The first-order valence-corrected chi connectivity index (χ1v) is 7.65. The van der Waals surface area contributed by atoms with E-state index in [2.05, 4.69) is 4.98 Å². The van der Waals surface area contributed by atoms with Crippen LogP contribution in [0.25, 0.3) is 10.9 Å². The van der Waals surface area contributed by atoms with Crippen molar-refractivity contribution in [3.8, 4) is 5.75 Å². The molecule has 0 aliphatic carbocycles. The number of hydrogen-bond donors (Lipinski definition) is 1. The van der Waals surface area contributed by atoms with Gasteiger partial charge in [-0.1, -0.05) is 18.2 Å². The standard InChI is InChI=1S/C19H19FN2O2/c1-12-4-6-14-10-17(21-16(14)8-12)19(23)22(2)11-13-5-7-18(24-3)15(20)9-13/h4-10,21H,11H2,1-3H3. The van der Waals surface area contributed by atoms with Gasteiger partial charge in [0.05, 0.1) is 7.11 Å². The first kappa shape index (κ1) is 16.1. The van der Waals surface area contributed by atoms with Crippen LogP contribution in [0.15, 0.2) is 42.5 Å². The van der Waals surface area contributed by atoms with Gasteiger partial charge in [-0.3, -0.25) is 4.79 Å². The van der Waals surface area contributed by atoms with Gasteiger partial charge in [0, 0.05) is 24.5 Å². The second-order valence-corrected chi connectivity index (χ2v) is 5.90. The van der Waals surface area contributed by atoms with Crippen LogP contribution in [-0.4, -0.2) is 29.9 Å². The Morgan fingerprint density at radius 1 is 1.21 bits per heavy atom. The lowest BCUT2D eigenvalue weighted by Crippen LogP contribution is -2.26. The molecule has 1 N–H and O–H groups in total. The van der Waals surface area contributed by atoms with Gasteiger partial charge in [-0.25, -0.2) is 4.39 Å². The number of ether oxygens (including phenoxy) is 1. The van der Waals surface area contributed by atoms with Crippen molar-refractivity contribution in [3.63, 3.8) is 0 Å². The molecule has 0 fully saturated rings. The molecule has 0 unspecified atom stereocenters. The fraction of sp³-hybridized carbons (Fsp3) is 0.211. The molecular formula is C19H19FN2O2. The lowest BCUT2D eigenvalue weighted by atomic mass is 10.2. The summed E-state index contributed by atoms with van der Waals surface area (Å²) in [6.45, 7) is 2.32. The van der Waals surface area contributed by atoms with Crippen LogP contribution in [-0.2, 0) is 6.54 Å². The molecule has 0 saturated heterocycles. The molecule has 5 heteroatoms. The summed E-state index contributed by atoms with van der Waals surface area (Å²) in [5.74, 6) is -0.379. The second kappa shape index (κ2) is 6.35. The highest BCUT2D eigenvalue weighted by Gasteiger charge is 2.15. The van der Waals surface area contributed by atoms with Crippen molar-refractivity contribution in [2.45, 2.75) is 13.5 Å². The van der Waals surface area contributed by atoms with E-state index in [1.807, 2.05) is 31.2 Å². The Kier molecular flexibility index (Phi) is 4.25. The maximum atomic E-state index is 13.8. The molecule has 1 aromatic heterocycles. The zero-order chi connectivity index (χ0) is 17.3. The van der Waals surface area contributed by atoms with Gasteiger partial charge in [0.15, 0.2) is 11.6 Å². The summed E-state index contributed by atoms with van der Waals surface area (Å²) in [6, 6.07) is 12.5. The summed E-state index contributed by atoms with van der Waals surface area (Å²) in [4.78, 5) is 17.3. The van der Waals surface area contributed by atoms with Crippen molar-refractivity contribution in [2.75, 3.05) is 14.2 Å².